The molecular formula is C36H39N5O7. The maximum atomic E-state index is 12.9. The molecule has 12 nitrogen and oxygen atoms in total. The van der Waals surface area contributed by atoms with Gasteiger partial charge in [-0.1, -0.05) is 48.5 Å². The number of nitrogens with zero attached hydrogens (tertiary/aromatic N) is 1. The minimum Gasteiger partial charge on any atom is -0.465 e. The molecule has 4 aromatic rings. The Hall–Kier alpha value is -5.91. The highest BCUT2D eigenvalue weighted by atomic mass is 16.6. The van der Waals surface area contributed by atoms with Crippen molar-refractivity contribution < 1.29 is 33.4 Å². The first-order valence-electron chi connectivity index (χ1n) is 15.2. The zero-order valence-corrected chi connectivity index (χ0v) is 27.2. The Morgan fingerprint density at radius 3 is 2.35 bits per heavy atom. The third-order valence-electron chi connectivity index (χ3n) is 6.85. The molecule has 3 aromatic carbocycles. The molecule has 0 saturated heterocycles. The number of alkyl carbamates (subject to hydrolysis) is 2. The van der Waals surface area contributed by atoms with Crippen molar-refractivity contribution in [2.45, 2.75) is 45.4 Å². The van der Waals surface area contributed by atoms with E-state index in [-0.39, 0.29) is 19.6 Å². The van der Waals surface area contributed by atoms with Gasteiger partial charge in [-0.25, -0.2) is 14.4 Å². The van der Waals surface area contributed by atoms with Gasteiger partial charge in [0.15, 0.2) is 0 Å². The highest BCUT2D eigenvalue weighted by molar-refractivity contribution is 5.98. The standard InChI is InChI=1S/C36H39N5O7/c1-36(2,3)48-35(45)41-31(18-24-11-8-12-26(17-24)33(43)46-4)30-19-25(15-16-38-30)28-14-13-27(37)20-29(28)40-32(42)21-39-34(44)47-22-23-9-6-5-7-10-23/h5-17,19-20,31H,18,21-22,37H2,1-4H3,(H,39,44)(H,40,42)(H,41,45). The lowest BCUT2D eigenvalue weighted by molar-refractivity contribution is -0.115. The minimum atomic E-state index is -0.737. The maximum absolute atomic E-state index is 12.9. The predicted molar refractivity (Wildman–Crippen MR) is 181 cm³/mol. The summed E-state index contributed by atoms with van der Waals surface area (Å²) in [4.78, 5) is 54.6. The van der Waals surface area contributed by atoms with Crippen molar-refractivity contribution in [3.05, 3.63) is 114 Å². The number of aromatic nitrogens is 1. The number of rotatable bonds is 11. The summed E-state index contributed by atoms with van der Waals surface area (Å²) in [5, 5.41) is 8.15. The van der Waals surface area contributed by atoms with Crippen molar-refractivity contribution in [1.29, 1.82) is 0 Å². The number of methoxy groups -OCH3 is 1. The van der Waals surface area contributed by atoms with Gasteiger partial charge >= 0.3 is 18.2 Å². The first-order chi connectivity index (χ1) is 22.9. The molecule has 1 heterocycles. The van der Waals surface area contributed by atoms with E-state index in [2.05, 4.69) is 20.9 Å². The molecular weight excluding hydrogens is 614 g/mol. The Morgan fingerprint density at radius 2 is 1.62 bits per heavy atom. The molecule has 0 radical (unpaired) electrons. The molecule has 12 heteroatoms. The highest BCUT2D eigenvalue weighted by Crippen LogP contribution is 2.32. The second-order valence-corrected chi connectivity index (χ2v) is 11.8. The van der Waals surface area contributed by atoms with Crippen molar-refractivity contribution in [1.82, 2.24) is 15.6 Å². The summed E-state index contributed by atoms with van der Waals surface area (Å²) >= 11 is 0. The second kappa shape index (κ2) is 16.1. The number of pyridine rings is 1. The average Bonchev–Trinajstić information content (AvgIpc) is 3.05. The zero-order chi connectivity index (χ0) is 34.7. The van der Waals surface area contributed by atoms with Crippen LogP contribution in [0.1, 0.15) is 54.0 Å². The van der Waals surface area contributed by atoms with Crippen molar-refractivity contribution in [2.24, 2.45) is 0 Å². The minimum absolute atomic E-state index is 0.0680. The Balaban J connectivity index is 1.54. The largest absolute Gasteiger partial charge is 0.465 e. The SMILES string of the molecule is COC(=O)c1cccc(CC(NC(=O)OC(C)(C)C)c2cc(-c3ccc(N)cc3NC(=O)CNC(=O)OCc3ccccc3)ccn2)c1. The lowest BCUT2D eigenvalue weighted by Gasteiger charge is -2.24. The topological polar surface area (TPSA) is 171 Å². The Bertz CT molecular complexity index is 1760. The van der Waals surface area contributed by atoms with E-state index in [1.807, 2.05) is 36.4 Å². The normalized spacial score (nSPS) is 11.5. The van der Waals surface area contributed by atoms with E-state index >= 15 is 0 Å². The quantitative estimate of drug-likeness (QED) is 0.0888. The van der Waals surface area contributed by atoms with Gasteiger partial charge in [-0.15, -0.1) is 0 Å². The number of anilines is 2. The molecule has 4 rings (SSSR count). The van der Waals surface area contributed by atoms with Gasteiger partial charge in [0.25, 0.3) is 0 Å². The van der Waals surface area contributed by atoms with Gasteiger partial charge < -0.3 is 35.9 Å². The molecule has 0 bridgehead atoms. The molecule has 1 atom stereocenters. The highest BCUT2D eigenvalue weighted by Gasteiger charge is 2.23. The van der Waals surface area contributed by atoms with E-state index in [1.165, 1.54) is 7.11 Å². The van der Waals surface area contributed by atoms with E-state index in [0.29, 0.717) is 33.8 Å². The molecule has 0 spiro atoms. The van der Waals surface area contributed by atoms with Crippen LogP contribution in [0.2, 0.25) is 0 Å². The number of nitrogens with two attached hydrogens (primary N) is 1. The summed E-state index contributed by atoms with van der Waals surface area (Å²) in [5.41, 5.74) is 9.87. The molecule has 0 fully saturated rings. The fourth-order valence-corrected chi connectivity index (χ4v) is 4.70. The van der Waals surface area contributed by atoms with Crippen LogP contribution in [0.3, 0.4) is 0 Å². The number of nitrogen functional groups attached to an aromatic ring is 1. The summed E-state index contributed by atoms with van der Waals surface area (Å²) in [6.07, 6.45) is 0.490. The van der Waals surface area contributed by atoms with E-state index in [4.69, 9.17) is 19.9 Å². The summed E-state index contributed by atoms with van der Waals surface area (Å²) < 4.78 is 15.6. The Morgan fingerprint density at radius 1 is 0.875 bits per heavy atom. The number of benzene rings is 3. The van der Waals surface area contributed by atoms with Crippen LogP contribution in [-0.4, -0.2) is 48.3 Å². The fourth-order valence-electron chi connectivity index (χ4n) is 4.70. The number of carbonyl (C=O) groups is 4. The van der Waals surface area contributed by atoms with Crippen molar-refractivity contribution in [2.75, 3.05) is 24.7 Å². The molecule has 48 heavy (non-hydrogen) atoms. The molecule has 1 aromatic heterocycles. The van der Waals surface area contributed by atoms with Crippen LogP contribution in [0, 0.1) is 0 Å². The summed E-state index contributed by atoms with van der Waals surface area (Å²) in [5.74, 6) is -0.978. The number of esters is 1. The smallest absolute Gasteiger partial charge is 0.408 e. The van der Waals surface area contributed by atoms with Crippen molar-refractivity contribution in [3.63, 3.8) is 0 Å². The average molecular weight is 654 g/mol. The van der Waals surface area contributed by atoms with Gasteiger partial charge in [0.05, 0.1) is 30.1 Å². The van der Waals surface area contributed by atoms with Crippen LogP contribution < -0.4 is 21.7 Å². The predicted octanol–water partition coefficient (Wildman–Crippen LogP) is 5.79. The van der Waals surface area contributed by atoms with Gasteiger partial charge in [-0.3, -0.25) is 9.78 Å². The third kappa shape index (κ3) is 10.6. The van der Waals surface area contributed by atoms with Gasteiger partial charge in [0.2, 0.25) is 5.91 Å². The van der Waals surface area contributed by atoms with Crippen molar-refractivity contribution in [3.8, 4) is 11.1 Å². The van der Waals surface area contributed by atoms with Crippen LogP contribution in [0.4, 0.5) is 21.0 Å². The summed E-state index contributed by atoms with van der Waals surface area (Å²) in [6.45, 7) is 5.02. The molecule has 0 aliphatic rings. The number of nitrogens with one attached hydrogen (secondary N) is 3. The maximum Gasteiger partial charge on any atom is 0.408 e. The first kappa shape index (κ1) is 35.0. The summed E-state index contributed by atoms with van der Waals surface area (Å²) in [7, 11) is 1.31. The number of hydrogen-bond acceptors (Lipinski definition) is 9. The van der Waals surface area contributed by atoms with E-state index < -0.39 is 35.7 Å². The molecule has 3 amide bonds. The lowest BCUT2D eigenvalue weighted by atomic mass is 9.97. The molecule has 0 aliphatic carbocycles. The molecule has 5 N–H and O–H groups in total. The number of amides is 3. The number of ether oxygens (including phenoxy) is 3. The molecule has 250 valence electrons. The molecule has 0 aliphatic heterocycles. The van der Waals surface area contributed by atoms with E-state index in [0.717, 1.165) is 11.1 Å². The first-order valence-corrected chi connectivity index (χ1v) is 15.2. The van der Waals surface area contributed by atoms with E-state index in [9.17, 15) is 19.2 Å². The van der Waals surface area contributed by atoms with Crippen LogP contribution >= 0.6 is 0 Å². The second-order valence-electron chi connectivity index (χ2n) is 11.8. The third-order valence-corrected chi connectivity index (χ3v) is 6.85. The van der Waals surface area contributed by atoms with Gasteiger partial charge in [-0.05, 0) is 80.3 Å². The van der Waals surface area contributed by atoms with Crippen LogP contribution in [0.5, 0.6) is 0 Å². The number of carbonyl (C=O) groups excluding carboxylic acids is 4. The van der Waals surface area contributed by atoms with Gasteiger partial charge in [-0.2, -0.15) is 0 Å². The van der Waals surface area contributed by atoms with Gasteiger partial charge in [0.1, 0.15) is 18.8 Å². The molecule has 0 saturated carbocycles. The lowest BCUT2D eigenvalue weighted by Crippen LogP contribution is -2.36. The van der Waals surface area contributed by atoms with Crippen LogP contribution in [-0.2, 0) is 32.0 Å². The van der Waals surface area contributed by atoms with Crippen LogP contribution in [0.25, 0.3) is 11.1 Å². The monoisotopic (exact) mass is 653 g/mol. The zero-order valence-electron chi connectivity index (χ0n) is 27.2. The summed E-state index contributed by atoms with van der Waals surface area (Å²) in [6, 6.07) is 24.0. The Labute approximate surface area is 279 Å². The van der Waals surface area contributed by atoms with E-state index in [1.54, 1.807) is 75.5 Å². The van der Waals surface area contributed by atoms with Gasteiger partial charge in [0, 0.05) is 17.4 Å². The Kier molecular flexibility index (Phi) is 11.7. The fraction of sp³-hybridized carbons (Fsp3) is 0.250. The van der Waals surface area contributed by atoms with Crippen LogP contribution in [0.15, 0.2) is 91.1 Å². The molecule has 1 unspecified atom stereocenters. The van der Waals surface area contributed by atoms with Crippen molar-refractivity contribution >= 4 is 35.4 Å². The number of hydrogen-bond donors (Lipinski definition) is 4.